The molecule has 0 saturated carbocycles. The highest BCUT2D eigenvalue weighted by Crippen LogP contribution is 2.30. The van der Waals surface area contributed by atoms with E-state index in [1.54, 1.807) is 25.1 Å². The minimum absolute atomic E-state index is 0.357. The number of nitrogens with one attached hydrogen (secondary N) is 1. The van der Waals surface area contributed by atoms with Crippen LogP contribution in [-0.2, 0) is 22.4 Å². The zero-order valence-electron chi connectivity index (χ0n) is 15.2. The van der Waals surface area contributed by atoms with Crippen LogP contribution in [0.2, 0.25) is 0 Å². The molecule has 6 nitrogen and oxygen atoms in total. The van der Waals surface area contributed by atoms with Crippen LogP contribution in [0.25, 0.3) is 5.69 Å². The van der Waals surface area contributed by atoms with E-state index in [2.05, 4.69) is 10.4 Å². The molecule has 0 spiro atoms. The quantitative estimate of drug-likeness (QED) is 0.665. The lowest BCUT2D eigenvalue weighted by molar-refractivity contribution is -0.119. The van der Waals surface area contributed by atoms with Crippen molar-refractivity contribution in [3.05, 3.63) is 63.2 Å². The third-order valence-electron chi connectivity index (χ3n) is 4.45. The van der Waals surface area contributed by atoms with Crippen molar-refractivity contribution in [2.24, 2.45) is 0 Å². The molecular formula is C20H18FN3O3S. The number of rotatable bonds is 5. The van der Waals surface area contributed by atoms with E-state index in [1.165, 1.54) is 38.6 Å². The highest BCUT2D eigenvalue weighted by Gasteiger charge is 2.20. The van der Waals surface area contributed by atoms with Crippen LogP contribution < -0.4 is 5.32 Å². The van der Waals surface area contributed by atoms with Gasteiger partial charge in [-0.1, -0.05) is 0 Å². The Morgan fingerprint density at radius 2 is 2.04 bits per heavy atom. The summed E-state index contributed by atoms with van der Waals surface area (Å²) >= 11 is 1.44. The first kappa shape index (κ1) is 18.4. The van der Waals surface area contributed by atoms with Gasteiger partial charge in [0.05, 0.1) is 11.4 Å². The van der Waals surface area contributed by atoms with Crippen LogP contribution in [0, 0.1) is 12.7 Å². The molecule has 0 fully saturated rings. The fourth-order valence-corrected chi connectivity index (χ4v) is 4.33. The van der Waals surface area contributed by atoms with Gasteiger partial charge in [-0.15, -0.1) is 11.3 Å². The van der Waals surface area contributed by atoms with Gasteiger partial charge in [-0.05, 0) is 62.1 Å². The summed E-state index contributed by atoms with van der Waals surface area (Å²) in [6.07, 6.45) is 3.12. The molecule has 8 heteroatoms. The lowest BCUT2D eigenvalue weighted by atomic mass is 10.2. The van der Waals surface area contributed by atoms with Crippen molar-refractivity contribution in [2.75, 3.05) is 11.9 Å². The number of thiophene rings is 1. The van der Waals surface area contributed by atoms with Crippen molar-refractivity contribution < 1.29 is 18.7 Å². The van der Waals surface area contributed by atoms with E-state index >= 15 is 0 Å². The van der Waals surface area contributed by atoms with Crippen molar-refractivity contribution in [2.45, 2.75) is 26.2 Å². The predicted octanol–water partition coefficient (Wildman–Crippen LogP) is 3.67. The first-order valence-corrected chi connectivity index (χ1v) is 9.72. The number of carbonyl (C=O) groups is 2. The third-order valence-corrected chi connectivity index (χ3v) is 5.67. The lowest BCUT2D eigenvalue weighted by Crippen LogP contribution is -2.22. The van der Waals surface area contributed by atoms with Crippen LogP contribution in [-0.4, -0.2) is 28.3 Å². The molecule has 1 aromatic carbocycles. The van der Waals surface area contributed by atoms with Gasteiger partial charge >= 0.3 is 5.97 Å². The SMILES string of the molecule is Cc1cc(NC(=O)COC(=O)c2cc3c(s2)CCC3)n(-c2ccc(F)cc2)n1. The summed E-state index contributed by atoms with van der Waals surface area (Å²) in [5.41, 5.74) is 2.50. The van der Waals surface area contributed by atoms with Gasteiger partial charge in [0.25, 0.3) is 5.91 Å². The zero-order valence-corrected chi connectivity index (χ0v) is 16.0. The number of ether oxygens (including phenoxy) is 1. The number of hydrogen-bond donors (Lipinski definition) is 1. The Labute approximate surface area is 164 Å². The number of halogens is 1. The van der Waals surface area contributed by atoms with Crippen LogP contribution in [0.15, 0.2) is 36.4 Å². The van der Waals surface area contributed by atoms with E-state index in [1.807, 2.05) is 6.07 Å². The van der Waals surface area contributed by atoms with Crippen molar-refractivity contribution >= 4 is 29.0 Å². The topological polar surface area (TPSA) is 73.2 Å². The molecule has 144 valence electrons. The fourth-order valence-electron chi connectivity index (χ4n) is 3.18. The number of amides is 1. The first-order chi connectivity index (χ1) is 13.5. The van der Waals surface area contributed by atoms with Gasteiger partial charge in [0.2, 0.25) is 0 Å². The summed E-state index contributed by atoms with van der Waals surface area (Å²) in [7, 11) is 0. The molecule has 2 aromatic heterocycles. The molecule has 4 rings (SSSR count). The summed E-state index contributed by atoms with van der Waals surface area (Å²) in [6.45, 7) is 1.39. The minimum atomic E-state index is -0.488. The average molecular weight is 399 g/mol. The Morgan fingerprint density at radius 3 is 2.79 bits per heavy atom. The van der Waals surface area contributed by atoms with E-state index in [0.29, 0.717) is 22.1 Å². The smallest absolute Gasteiger partial charge is 0.348 e. The maximum absolute atomic E-state index is 13.1. The van der Waals surface area contributed by atoms with Crippen LogP contribution >= 0.6 is 11.3 Å². The Morgan fingerprint density at radius 1 is 1.25 bits per heavy atom. The van der Waals surface area contributed by atoms with E-state index in [9.17, 15) is 14.0 Å². The Hall–Kier alpha value is -3.00. The lowest BCUT2D eigenvalue weighted by Gasteiger charge is -2.09. The number of esters is 1. The second kappa shape index (κ2) is 7.55. The Balaban J connectivity index is 1.40. The van der Waals surface area contributed by atoms with E-state index in [-0.39, 0.29) is 5.82 Å². The monoisotopic (exact) mass is 399 g/mol. The van der Waals surface area contributed by atoms with Crippen molar-refractivity contribution in [1.82, 2.24) is 9.78 Å². The second-order valence-electron chi connectivity index (χ2n) is 6.60. The number of hydrogen-bond acceptors (Lipinski definition) is 5. The predicted molar refractivity (Wildman–Crippen MR) is 104 cm³/mol. The molecule has 1 aliphatic rings. The Kier molecular flexibility index (Phi) is 4.95. The average Bonchev–Trinajstić information content (AvgIpc) is 3.35. The molecule has 2 heterocycles. The van der Waals surface area contributed by atoms with Crippen LogP contribution in [0.1, 0.15) is 32.2 Å². The van der Waals surface area contributed by atoms with Crippen molar-refractivity contribution in [3.63, 3.8) is 0 Å². The summed E-state index contributed by atoms with van der Waals surface area (Å²) in [4.78, 5) is 26.2. The zero-order chi connectivity index (χ0) is 19.7. The highest BCUT2D eigenvalue weighted by molar-refractivity contribution is 7.14. The van der Waals surface area contributed by atoms with Crippen molar-refractivity contribution in [3.8, 4) is 5.69 Å². The summed E-state index contributed by atoms with van der Waals surface area (Å²) < 4.78 is 19.8. The maximum atomic E-state index is 13.1. The third kappa shape index (κ3) is 3.82. The number of fused-ring (bicyclic) bond motifs is 1. The minimum Gasteiger partial charge on any atom is -0.451 e. The number of aromatic nitrogens is 2. The van der Waals surface area contributed by atoms with Gasteiger partial charge in [-0.3, -0.25) is 4.79 Å². The van der Waals surface area contributed by atoms with Crippen molar-refractivity contribution in [1.29, 1.82) is 0 Å². The molecule has 0 atom stereocenters. The van der Waals surface area contributed by atoms with Crippen LogP contribution in [0.4, 0.5) is 10.2 Å². The summed E-state index contributed by atoms with van der Waals surface area (Å²) in [5.74, 6) is -0.900. The largest absolute Gasteiger partial charge is 0.451 e. The second-order valence-corrected chi connectivity index (χ2v) is 7.73. The van der Waals surface area contributed by atoms with Crippen LogP contribution in [0.3, 0.4) is 0 Å². The summed E-state index contributed by atoms with van der Waals surface area (Å²) in [6, 6.07) is 9.31. The molecule has 28 heavy (non-hydrogen) atoms. The molecule has 1 amide bonds. The normalized spacial score (nSPS) is 12.6. The molecular weight excluding hydrogens is 381 g/mol. The first-order valence-electron chi connectivity index (χ1n) is 8.91. The number of carbonyl (C=O) groups excluding carboxylic acids is 2. The van der Waals surface area contributed by atoms with E-state index in [0.717, 1.165) is 19.3 Å². The number of nitrogens with zero attached hydrogens (tertiary/aromatic N) is 2. The Bertz CT molecular complexity index is 1020. The molecule has 0 saturated heterocycles. The van der Waals surface area contributed by atoms with Crippen LogP contribution in [0.5, 0.6) is 0 Å². The van der Waals surface area contributed by atoms with E-state index < -0.39 is 18.5 Å². The summed E-state index contributed by atoms with van der Waals surface area (Å²) in [5, 5.41) is 6.99. The number of anilines is 1. The molecule has 0 bridgehead atoms. The van der Waals surface area contributed by atoms with Gasteiger partial charge in [0.15, 0.2) is 6.61 Å². The molecule has 1 N–H and O–H groups in total. The molecule has 1 aliphatic carbocycles. The fraction of sp³-hybridized carbons (Fsp3) is 0.250. The van der Waals surface area contributed by atoms with Gasteiger partial charge in [0, 0.05) is 10.9 Å². The van der Waals surface area contributed by atoms with Gasteiger partial charge in [-0.25, -0.2) is 13.9 Å². The molecule has 0 unspecified atom stereocenters. The van der Waals surface area contributed by atoms with E-state index in [4.69, 9.17) is 4.74 Å². The standard InChI is InChI=1S/C20H18FN3O3S/c1-12-9-18(24(23-12)15-7-5-14(21)6-8-15)22-19(25)11-27-20(26)17-10-13-3-2-4-16(13)28-17/h5-10H,2-4,11H2,1H3,(H,22,25). The molecule has 0 radical (unpaired) electrons. The number of benzene rings is 1. The number of aryl methyl sites for hydroxylation is 3. The molecule has 3 aromatic rings. The highest BCUT2D eigenvalue weighted by atomic mass is 32.1. The van der Waals surface area contributed by atoms with Gasteiger partial charge in [0.1, 0.15) is 16.5 Å². The molecule has 0 aliphatic heterocycles. The van der Waals surface area contributed by atoms with Gasteiger partial charge in [-0.2, -0.15) is 5.10 Å². The van der Waals surface area contributed by atoms with Gasteiger partial charge < -0.3 is 10.1 Å². The maximum Gasteiger partial charge on any atom is 0.348 e.